The van der Waals surface area contributed by atoms with E-state index in [-0.39, 0.29) is 30.4 Å². The summed E-state index contributed by atoms with van der Waals surface area (Å²) < 4.78 is 7.08. The molecule has 0 bridgehead atoms. The summed E-state index contributed by atoms with van der Waals surface area (Å²) in [5, 5.41) is 13.3. The molecule has 1 aliphatic carbocycles. The van der Waals surface area contributed by atoms with Gasteiger partial charge in [-0.05, 0) is 28.3 Å². The van der Waals surface area contributed by atoms with Crippen LogP contribution in [-0.2, 0) is 4.74 Å². The molecule has 5 rings (SSSR count). The molecule has 1 N–H and O–H groups in total. The highest BCUT2D eigenvalue weighted by molar-refractivity contribution is 5.85. The first-order chi connectivity index (χ1) is 14.1. The van der Waals surface area contributed by atoms with Gasteiger partial charge in [-0.15, -0.1) is 0 Å². The number of carbonyl (C=O) groups is 2. The second-order valence-corrected chi connectivity index (χ2v) is 7.33. The Labute approximate surface area is 167 Å². The number of aromatic nitrogens is 2. The van der Waals surface area contributed by atoms with Crippen LogP contribution in [0.2, 0.25) is 0 Å². The van der Waals surface area contributed by atoms with Crippen molar-refractivity contribution in [2.24, 2.45) is 0 Å². The third kappa shape index (κ3) is 2.86. The molecule has 3 aromatic rings. The van der Waals surface area contributed by atoms with E-state index in [0.29, 0.717) is 13.1 Å². The van der Waals surface area contributed by atoms with Crippen molar-refractivity contribution < 1.29 is 19.4 Å². The number of likely N-dealkylation sites (tertiary alicyclic amines) is 1. The largest absolute Gasteiger partial charge is 0.477 e. The zero-order valence-electron chi connectivity index (χ0n) is 15.6. The van der Waals surface area contributed by atoms with Crippen molar-refractivity contribution in [2.45, 2.75) is 12.0 Å². The Kier molecular flexibility index (Phi) is 4.08. The molecule has 7 nitrogen and oxygen atoms in total. The summed E-state index contributed by atoms with van der Waals surface area (Å²) in [6.07, 6.45) is 1.08. The number of carbonyl (C=O) groups excluding carboxylic acids is 1. The predicted octanol–water partition coefficient (Wildman–Crippen LogP) is 3.39. The summed E-state index contributed by atoms with van der Waals surface area (Å²) >= 11 is 0. The van der Waals surface area contributed by atoms with Crippen LogP contribution in [0.15, 0.2) is 60.8 Å². The molecule has 0 spiro atoms. The number of carboxylic acids is 1. The van der Waals surface area contributed by atoms with Gasteiger partial charge in [-0.2, -0.15) is 5.10 Å². The molecule has 1 fully saturated rings. The number of hydrogen-bond donors (Lipinski definition) is 1. The third-order valence-corrected chi connectivity index (χ3v) is 5.69. The second-order valence-electron chi connectivity index (χ2n) is 7.33. The molecule has 0 unspecified atom stereocenters. The maximum atomic E-state index is 12.5. The molecule has 0 radical (unpaired) electrons. The Bertz CT molecular complexity index is 1060. The number of ether oxygens (including phenoxy) is 1. The first kappa shape index (κ1) is 17.5. The van der Waals surface area contributed by atoms with Gasteiger partial charge in [0.15, 0.2) is 0 Å². The van der Waals surface area contributed by atoms with Crippen molar-refractivity contribution in [1.29, 1.82) is 0 Å². The molecule has 146 valence electrons. The molecule has 1 saturated heterocycles. The highest BCUT2D eigenvalue weighted by atomic mass is 16.6. The van der Waals surface area contributed by atoms with Gasteiger partial charge in [-0.1, -0.05) is 48.5 Å². The Morgan fingerprint density at radius 2 is 1.62 bits per heavy atom. The first-order valence-electron chi connectivity index (χ1n) is 9.50. The summed E-state index contributed by atoms with van der Waals surface area (Å²) in [6, 6.07) is 17.7. The van der Waals surface area contributed by atoms with Crippen LogP contribution in [0.4, 0.5) is 4.79 Å². The smallest absolute Gasteiger partial charge is 0.409 e. The number of rotatable bonds is 4. The van der Waals surface area contributed by atoms with Crippen LogP contribution in [0, 0.1) is 0 Å². The first-order valence-corrected chi connectivity index (χ1v) is 9.50. The molecule has 1 amide bonds. The van der Waals surface area contributed by atoms with E-state index in [4.69, 9.17) is 4.74 Å². The molecular weight excluding hydrogens is 370 g/mol. The van der Waals surface area contributed by atoms with Gasteiger partial charge in [0.05, 0.1) is 6.04 Å². The summed E-state index contributed by atoms with van der Waals surface area (Å²) in [6.45, 7) is 1.05. The lowest BCUT2D eigenvalue weighted by molar-refractivity contribution is 0.0492. The van der Waals surface area contributed by atoms with Gasteiger partial charge in [0.25, 0.3) is 0 Å². The van der Waals surface area contributed by atoms with Crippen molar-refractivity contribution in [3.63, 3.8) is 0 Å². The SMILES string of the molecule is O=C(O)c1ccnn1C1CN(C(=O)OCC2c3ccccc3-c3ccccc32)C1. The molecule has 2 aromatic carbocycles. The van der Waals surface area contributed by atoms with E-state index in [2.05, 4.69) is 29.4 Å². The molecule has 1 aliphatic heterocycles. The Morgan fingerprint density at radius 3 is 2.24 bits per heavy atom. The lowest BCUT2D eigenvalue weighted by atomic mass is 9.98. The van der Waals surface area contributed by atoms with E-state index in [1.54, 1.807) is 4.90 Å². The minimum atomic E-state index is -1.03. The van der Waals surface area contributed by atoms with Gasteiger partial charge >= 0.3 is 12.1 Å². The third-order valence-electron chi connectivity index (χ3n) is 5.69. The topological polar surface area (TPSA) is 84.7 Å². The van der Waals surface area contributed by atoms with Gasteiger partial charge < -0.3 is 14.7 Å². The van der Waals surface area contributed by atoms with Gasteiger partial charge in [0.2, 0.25) is 0 Å². The molecule has 2 heterocycles. The summed E-state index contributed by atoms with van der Waals surface area (Å²) in [5.74, 6) is -1.00. The molecule has 1 aromatic heterocycles. The lowest BCUT2D eigenvalue weighted by Gasteiger charge is -2.38. The van der Waals surface area contributed by atoms with E-state index < -0.39 is 5.97 Å². The zero-order valence-corrected chi connectivity index (χ0v) is 15.6. The highest BCUT2D eigenvalue weighted by Gasteiger charge is 2.36. The fourth-order valence-electron chi connectivity index (χ4n) is 4.22. The van der Waals surface area contributed by atoms with Gasteiger partial charge in [0, 0.05) is 25.2 Å². The number of benzene rings is 2. The highest BCUT2D eigenvalue weighted by Crippen LogP contribution is 2.44. The molecule has 0 atom stereocenters. The zero-order chi connectivity index (χ0) is 20.0. The van der Waals surface area contributed by atoms with E-state index in [9.17, 15) is 14.7 Å². The van der Waals surface area contributed by atoms with Crippen LogP contribution >= 0.6 is 0 Å². The average Bonchev–Trinajstić information content (AvgIpc) is 3.29. The predicted molar refractivity (Wildman–Crippen MR) is 105 cm³/mol. The minimum Gasteiger partial charge on any atom is -0.477 e. The standard InChI is InChI=1S/C22H19N3O4/c26-21(27)20-9-10-23-25(20)14-11-24(12-14)22(28)29-13-19-17-7-3-1-5-15(17)16-6-2-4-8-18(16)19/h1-10,14,19H,11-13H2,(H,26,27). The van der Waals surface area contributed by atoms with Crippen molar-refractivity contribution >= 4 is 12.1 Å². The van der Waals surface area contributed by atoms with Crippen molar-refractivity contribution in [1.82, 2.24) is 14.7 Å². The van der Waals surface area contributed by atoms with Crippen molar-refractivity contribution in [2.75, 3.05) is 19.7 Å². The van der Waals surface area contributed by atoms with Crippen molar-refractivity contribution in [3.8, 4) is 11.1 Å². The summed E-state index contributed by atoms with van der Waals surface area (Å²) in [5.41, 5.74) is 4.85. The van der Waals surface area contributed by atoms with Crippen molar-refractivity contribution in [3.05, 3.63) is 77.6 Å². The number of fused-ring (bicyclic) bond motifs is 3. The molecule has 7 heteroatoms. The molecule has 0 saturated carbocycles. The second kappa shape index (κ2) is 6.77. The Balaban J connectivity index is 1.24. The quantitative estimate of drug-likeness (QED) is 0.739. The van der Waals surface area contributed by atoms with Gasteiger partial charge in [0.1, 0.15) is 12.3 Å². The number of nitrogens with zero attached hydrogens (tertiary/aromatic N) is 3. The van der Waals surface area contributed by atoms with Crippen LogP contribution < -0.4 is 0 Å². The molecule has 2 aliphatic rings. The number of carboxylic acid groups (broad SMARTS) is 1. The van der Waals surface area contributed by atoms with Crippen LogP contribution in [-0.4, -0.2) is 51.5 Å². The fraction of sp³-hybridized carbons (Fsp3) is 0.227. The van der Waals surface area contributed by atoms with E-state index >= 15 is 0 Å². The summed E-state index contributed by atoms with van der Waals surface area (Å²) in [7, 11) is 0. The van der Waals surface area contributed by atoms with Gasteiger partial charge in [-0.25, -0.2) is 9.59 Å². The van der Waals surface area contributed by atoms with Crippen LogP contribution in [0.5, 0.6) is 0 Å². The van der Waals surface area contributed by atoms with Gasteiger partial charge in [-0.3, -0.25) is 4.68 Å². The number of aromatic carboxylic acids is 1. The fourth-order valence-corrected chi connectivity index (χ4v) is 4.22. The monoisotopic (exact) mass is 389 g/mol. The molecular formula is C22H19N3O4. The van der Waals surface area contributed by atoms with E-state index in [0.717, 1.165) is 0 Å². The van der Waals surface area contributed by atoms with E-state index in [1.807, 2.05) is 24.3 Å². The summed E-state index contributed by atoms with van der Waals surface area (Å²) in [4.78, 5) is 25.3. The Hall–Kier alpha value is -3.61. The minimum absolute atomic E-state index is 0.0214. The van der Waals surface area contributed by atoms with E-state index in [1.165, 1.54) is 39.2 Å². The Morgan fingerprint density at radius 1 is 1.00 bits per heavy atom. The maximum absolute atomic E-state index is 12.5. The number of hydrogen-bond acceptors (Lipinski definition) is 4. The number of amides is 1. The van der Waals surface area contributed by atoms with Crippen LogP contribution in [0.25, 0.3) is 11.1 Å². The lowest BCUT2D eigenvalue weighted by Crippen LogP contribution is -2.51. The maximum Gasteiger partial charge on any atom is 0.409 e. The van der Waals surface area contributed by atoms with Crippen LogP contribution in [0.1, 0.15) is 33.6 Å². The normalized spacial score (nSPS) is 15.5. The average molecular weight is 389 g/mol. The molecule has 29 heavy (non-hydrogen) atoms. The van der Waals surface area contributed by atoms with Crippen LogP contribution in [0.3, 0.4) is 0 Å².